The van der Waals surface area contributed by atoms with Gasteiger partial charge in [-0.25, -0.2) is 0 Å². The van der Waals surface area contributed by atoms with Crippen molar-refractivity contribution in [3.8, 4) is 0 Å². The van der Waals surface area contributed by atoms with E-state index in [0.29, 0.717) is 0 Å². The molecule has 0 saturated heterocycles. The molecule has 0 fully saturated rings. The van der Waals surface area contributed by atoms with Crippen molar-refractivity contribution < 1.29 is 4.79 Å². The molecule has 0 aromatic heterocycles. The fraction of sp³-hybridized carbons (Fsp3) is 0.364. The Bertz CT molecular complexity index is 344. The molecular formula is C11H12NO. The molecule has 13 heavy (non-hydrogen) atoms. The summed E-state index contributed by atoms with van der Waals surface area (Å²) in [7, 11) is 0. The Hall–Kier alpha value is -1.31. The molecule has 1 aliphatic rings. The first-order valence-corrected chi connectivity index (χ1v) is 4.50. The maximum atomic E-state index is 11.8. The molecule has 0 N–H and O–H groups in total. The van der Waals surface area contributed by atoms with Crippen LogP contribution in [0.5, 0.6) is 0 Å². The summed E-state index contributed by atoms with van der Waals surface area (Å²) in [5.74, 6) is 0.152. The number of nitrogens with zero attached hydrogens (tertiary/aromatic N) is 1. The first kappa shape index (κ1) is 8.30. The highest BCUT2D eigenvalue weighted by molar-refractivity contribution is 5.98. The lowest BCUT2D eigenvalue weighted by Gasteiger charge is -2.19. The Labute approximate surface area is 78.2 Å². The molecule has 0 saturated carbocycles. The van der Waals surface area contributed by atoms with Crippen LogP contribution in [-0.4, -0.2) is 16.8 Å². The summed E-state index contributed by atoms with van der Waals surface area (Å²) in [4.78, 5) is 13.6. The zero-order valence-electron chi connectivity index (χ0n) is 7.87. The summed E-state index contributed by atoms with van der Waals surface area (Å²) >= 11 is 0. The highest BCUT2D eigenvalue weighted by Crippen LogP contribution is 2.23. The lowest BCUT2D eigenvalue weighted by atomic mass is 10.1. The van der Waals surface area contributed by atoms with Crippen LogP contribution in [-0.2, 0) is 6.54 Å². The van der Waals surface area contributed by atoms with E-state index in [9.17, 15) is 4.79 Å². The molecule has 0 bridgehead atoms. The largest absolute Gasteiger partial charge is 0.332 e. The summed E-state index contributed by atoms with van der Waals surface area (Å²) in [5, 5.41) is 0. The molecule has 1 aromatic rings. The average Bonchev–Trinajstić information content (AvgIpc) is 2.45. The van der Waals surface area contributed by atoms with Crippen molar-refractivity contribution in [3.05, 3.63) is 35.4 Å². The van der Waals surface area contributed by atoms with Crippen molar-refractivity contribution in [2.75, 3.05) is 0 Å². The fourth-order valence-electron chi connectivity index (χ4n) is 1.63. The van der Waals surface area contributed by atoms with Crippen molar-refractivity contribution in [1.29, 1.82) is 0 Å². The van der Waals surface area contributed by atoms with Crippen LogP contribution < -0.4 is 0 Å². The van der Waals surface area contributed by atoms with Crippen LogP contribution in [0.2, 0.25) is 0 Å². The minimum atomic E-state index is 0.152. The number of rotatable bonds is 1. The van der Waals surface area contributed by atoms with Gasteiger partial charge in [0.1, 0.15) is 0 Å². The van der Waals surface area contributed by atoms with Crippen molar-refractivity contribution in [3.63, 3.8) is 0 Å². The van der Waals surface area contributed by atoms with Crippen LogP contribution >= 0.6 is 0 Å². The quantitative estimate of drug-likeness (QED) is 0.636. The van der Waals surface area contributed by atoms with Crippen molar-refractivity contribution in [2.45, 2.75) is 26.4 Å². The number of carbonyl (C=O) groups is 1. The van der Waals surface area contributed by atoms with Crippen LogP contribution in [0.25, 0.3) is 0 Å². The average molecular weight is 174 g/mol. The van der Waals surface area contributed by atoms with Gasteiger partial charge in [-0.1, -0.05) is 6.07 Å². The standard InChI is InChI=1S/C11H12NO/c1-8(2)12-7-9-5-3-4-6-10(9)11(12)13/h4-6,8H,7H2,1-2H3. The molecule has 1 radical (unpaired) electrons. The molecule has 1 amide bonds. The zero-order valence-corrected chi connectivity index (χ0v) is 7.87. The van der Waals surface area contributed by atoms with Gasteiger partial charge >= 0.3 is 0 Å². The van der Waals surface area contributed by atoms with Crippen molar-refractivity contribution in [1.82, 2.24) is 4.90 Å². The number of hydrogen-bond donors (Lipinski definition) is 0. The van der Waals surface area contributed by atoms with Crippen LogP contribution in [0.4, 0.5) is 0 Å². The Morgan fingerprint density at radius 1 is 1.54 bits per heavy atom. The van der Waals surface area contributed by atoms with Gasteiger partial charge in [-0.2, -0.15) is 0 Å². The van der Waals surface area contributed by atoms with E-state index in [1.54, 1.807) is 6.07 Å². The summed E-state index contributed by atoms with van der Waals surface area (Å²) in [6.45, 7) is 4.81. The van der Waals surface area contributed by atoms with Gasteiger partial charge in [-0.3, -0.25) is 4.79 Å². The highest BCUT2D eigenvalue weighted by atomic mass is 16.2. The Balaban J connectivity index is 2.38. The molecule has 0 aliphatic carbocycles. The molecule has 1 aromatic carbocycles. The molecule has 67 valence electrons. The minimum Gasteiger partial charge on any atom is -0.332 e. The van der Waals surface area contributed by atoms with Crippen LogP contribution in [0, 0.1) is 6.07 Å². The Morgan fingerprint density at radius 2 is 2.31 bits per heavy atom. The number of fused-ring (bicyclic) bond motifs is 1. The lowest BCUT2D eigenvalue weighted by Crippen LogP contribution is -2.30. The first-order valence-electron chi connectivity index (χ1n) is 4.50. The van der Waals surface area contributed by atoms with Gasteiger partial charge in [-0.15, -0.1) is 0 Å². The maximum absolute atomic E-state index is 11.8. The third-order valence-corrected chi connectivity index (χ3v) is 2.41. The smallest absolute Gasteiger partial charge is 0.254 e. The monoisotopic (exact) mass is 174 g/mol. The molecule has 1 aliphatic heterocycles. The second-order valence-electron chi connectivity index (χ2n) is 3.61. The van der Waals surface area contributed by atoms with E-state index in [4.69, 9.17) is 0 Å². The lowest BCUT2D eigenvalue weighted by molar-refractivity contribution is 0.0730. The van der Waals surface area contributed by atoms with Crippen LogP contribution in [0.15, 0.2) is 18.2 Å². The molecule has 0 atom stereocenters. The van der Waals surface area contributed by atoms with E-state index in [0.717, 1.165) is 17.7 Å². The maximum Gasteiger partial charge on any atom is 0.254 e. The summed E-state index contributed by atoms with van der Waals surface area (Å²) in [6.07, 6.45) is 0. The third kappa shape index (κ3) is 1.22. The van der Waals surface area contributed by atoms with Gasteiger partial charge in [0.2, 0.25) is 0 Å². The van der Waals surface area contributed by atoms with E-state index in [-0.39, 0.29) is 11.9 Å². The van der Waals surface area contributed by atoms with Gasteiger partial charge < -0.3 is 4.90 Å². The van der Waals surface area contributed by atoms with E-state index in [2.05, 4.69) is 6.07 Å². The van der Waals surface area contributed by atoms with E-state index in [1.165, 1.54) is 0 Å². The highest BCUT2D eigenvalue weighted by Gasteiger charge is 2.28. The van der Waals surface area contributed by atoms with Gasteiger partial charge in [-0.05, 0) is 37.6 Å². The summed E-state index contributed by atoms with van der Waals surface area (Å²) in [5.41, 5.74) is 1.94. The fourth-order valence-corrected chi connectivity index (χ4v) is 1.63. The van der Waals surface area contributed by atoms with Crippen molar-refractivity contribution in [2.24, 2.45) is 0 Å². The van der Waals surface area contributed by atoms with E-state index < -0.39 is 0 Å². The normalized spacial score (nSPS) is 15.3. The molecule has 2 heteroatoms. The van der Waals surface area contributed by atoms with Gasteiger partial charge in [0.25, 0.3) is 5.91 Å². The number of carbonyl (C=O) groups excluding carboxylic acids is 1. The van der Waals surface area contributed by atoms with Crippen LogP contribution in [0.3, 0.4) is 0 Å². The number of hydrogen-bond acceptors (Lipinski definition) is 1. The van der Waals surface area contributed by atoms with Gasteiger partial charge in [0, 0.05) is 18.2 Å². The SMILES string of the molecule is CC(C)N1Cc2c[c]ccc2C1=O. The predicted molar refractivity (Wildman–Crippen MR) is 50.3 cm³/mol. The zero-order chi connectivity index (χ0) is 9.42. The Morgan fingerprint density at radius 3 is 2.92 bits per heavy atom. The predicted octanol–water partition coefficient (Wildman–Crippen LogP) is 1.85. The van der Waals surface area contributed by atoms with E-state index >= 15 is 0 Å². The summed E-state index contributed by atoms with van der Waals surface area (Å²) < 4.78 is 0. The molecule has 0 spiro atoms. The molecular weight excluding hydrogens is 162 g/mol. The first-order chi connectivity index (χ1) is 6.20. The summed E-state index contributed by atoms with van der Waals surface area (Å²) in [6, 6.07) is 8.81. The second kappa shape index (κ2) is 2.87. The van der Waals surface area contributed by atoms with Crippen LogP contribution in [0.1, 0.15) is 29.8 Å². The number of benzene rings is 1. The van der Waals surface area contributed by atoms with Gasteiger partial charge in [0.15, 0.2) is 0 Å². The minimum absolute atomic E-state index is 0.152. The molecule has 1 heterocycles. The third-order valence-electron chi connectivity index (χ3n) is 2.41. The molecule has 0 unspecified atom stereocenters. The van der Waals surface area contributed by atoms with Gasteiger partial charge in [0.05, 0.1) is 0 Å². The second-order valence-corrected chi connectivity index (χ2v) is 3.61. The Kier molecular flexibility index (Phi) is 1.83. The van der Waals surface area contributed by atoms with E-state index in [1.807, 2.05) is 30.9 Å². The number of amides is 1. The topological polar surface area (TPSA) is 20.3 Å². The molecule has 2 rings (SSSR count). The molecule has 2 nitrogen and oxygen atoms in total. The van der Waals surface area contributed by atoms with Crippen molar-refractivity contribution >= 4 is 5.91 Å².